The highest BCUT2D eigenvalue weighted by Gasteiger charge is 2.42. The van der Waals surface area contributed by atoms with E-state index in [0.717, 1.165) is 17.7 Å². The average molecular weight is 326 g/mol. The van der Waals surface area contributed by atoms with E-state index < -0.39 is 5.92 Å². The van der Waals surface area contributed by atoms with Gasteiger partial charge in [-0.15, -0.1) is 0 Å². The van der Waals surface area contributed by atoms with Gasteiger partial charge < -0.3 is 10.2 Å². The Bertz CT molecular complexity index is 751. The zero-order valence-corrected chi connectivity index (χ0v) is 14.2. The van der Waals surface area contributed by atoms with E-state index in [1.165, 1.54) is 0 Å². The lowest BCUT2D eigenvalue weighted by Gasteiger charge is -2.24. The number of hydrogen-bond acceptors (Lipinski definition) is 3. The average Bonchev–Trinajstić information content (AvgIpc) is 3.14. The van der Waals surface area contributed by atoms with Gasteiger partial charge in [0.05, 0.1) is 12.0 Å². The van der Waals surface area contributed by atoms with Gasteiger partial charge in [0.15, 0.2) is 5.82 Å². The van der Waals surface area contributed by atoms with Crippen LogP contribution in [0.5, 0.6) is 0 Å². The number of hydrogen-bond donors (Lipinski definition) is 1. The maximum atomic E-state index is 12.7. The monoisotopic (exact) mass is 326 g/mol. The summed E-state index contributed by atoms with van der Waals surface area (Å²) < 4.78 is 1.75. The number of rotatable bonds is 4. The first-order valence-corrected chi connectivity index (χ1v) is 8.16. The molecule has 2 atom stereocenters. The second kappa shape index (κ2) is 6.47. The first-order chi connectivity index (χ1) is 11.5. The fraction of sp³-hybridized carbons (Fsp3) is 0.389. The molecule has 1 aromatic heterocycles. The van der Waals surface area contributed by atoms with Gasteiger partial charge in [-0.05, 0) is 19.4 Å². The molecule has 6 nitrogen and oxygen atoms in total. The van der Waals surface area contributed by atoms with Crippen LogP contribution in [-0.2, 0) is 16.1 Å². The van der Waals surface area contributed by atoms with E-state index in [2.05, 4.69) is 10.4 Å². The van der Waals surface area contributed by atoms with Crippen LogP contribution in [0.3, 0.4) is 0 Å². The van der Waals surface area contributed by atoms with Crippen molar-refractivity contribution in [3.8, 4) is 0 Å². The van der Waals surface area contributed by atoms with E-state index in [1.807, 2.05) is 44.3 Å². The Labute approximate surface area is 141 Å². The summed E-state index contributed by atoms with van der Waals surface area (Å²) in [5.41, 5.74) is 2.13. The van der Waals surface area contributed by atoms with Crippen molar-refractivity contribution in [3.05, 3.63) is 47.7 Å². The third-order valence-electron chi connectivity index (χ3n) is 4.56. The van der Waals surface area contributed by atoms with Crippen LogP contribution in [0, 0.1) is 12.8 Å². The van der Waals surface area contributed by atoms with E-state index in [4.69, 9.17) is 0 Å². The first kappa shape index (κ1) is 16.2. The molecule has 3 rings (SSSR count). The van der Waals surface area contributed by atoms with Crippen LogP contribution in [0.2, 0.25) is 0 Å². The van der Waals surface area contributed by atoms with Gasteiger partial charge in [0.25, 0.3) is 0 Å². The number of nitrogens with zero attached hydrogens (tertiary/aromatic N) is 3. The summed E-state index contributed by atoms with van der Waals surface area (Å²) in [6.07, 6.45) is 2.04. The smallest absolute Gasteiger partial charge is 0.231 e. The van der Waals surface area contributed by atoms with Crippen LogP contribution < -0.4 is 5.32 Å². The zero-order valence-electron chi connectivity index (χ0n) is 14.2. The molecule has 2 heterocycles. The zero-order chi connectivity index (χ0) is 17.3. The van der Waals surface area contributed by atoms with Crippen molar-refractivity contribution in [1.29, 1.82) is 0 Å². The summed E-state index contributed by atoms with van der Waals surface area (Å²) in [6.45, 7) is 4.74. The molecule has 1 aromatic carbocycles. The van der Waals surface area contributed by atoms with Gasteiger partial charge in [-0.3, -0.25) is 14.3 Å². The fourth-order valence-electron chi connectivity index (χ4n) is 3.15. The van der Waals surface area contributed by atoms with Crippen molar-refractivity contribution in [2.45, 2.75) is 32.9 Å². The quantitative estimate of drug-likeness (QED) is 0.938. The van der Waals surface area contributed by atoms with Gasteiger partial charge in [0, 0.05) is 32.3 Å². The molecule has 0 saturated carbocycles. The van der Waals surface area contributed by atoms with Crippen molar-refractivity contribution < 1.29 is 9.59 Å². The highest BCUT2D eigenvalue weighted by Crippen LogP contribution is 2.37. The summed E-state index contributed by atoms with van der Waals surface area (Å²) in [5, 5.41) is 7.11. The van der Waals surface area contributed by atoms with Crippen LogP contribution in [0.4, 0.5) is 5.82 Å². The van der Waals surface area contributed by atoms with Gasteiger partial charge in [0.2, 0.25) is 11.8 Å². The summed E-state index contributed by atoms with van der Waals surface area (Å²) in [7, 11) is 1.76. The Morgan fingerprint density at radius 1 is 1.29 bits per heavy atom. The third-order valence-corrected chi connectivity index (χ3v) is 4.56. The van der Waals surface area contributed by atoms with Crippen LogP contribution in [0.1, 0.15) is 30.5 Å². The molecule has 126 valence electrons. The van der Waals surface area contributed by atoms with E-state index >= 15 is 0 Å². The molecule has 1 saturated heterocycles. The van der Waals surface area contributed by atoms with E-state index in [9.17, 15) is 9.59 Å². The number of carbonyl (C=O) groups excluding carboxylic acids is 2. The number of benzene rings is 1. The Kier molecular flexibility index (Phi) is 4.38. The van der Waals surface area contributed by atoms with Crippen LogP contribution in [0.15, 0.2) is 36.5 Å². The molecule has 1 fully saturated rings. The molecule has 0 bridgehead atoms. The molecule has 1 aliphatic rings. The molecule has 24 heavy (non-hydrogen) atoms. The molecular weight excluding hydrogens is 304 g/mol. The number of anilines is 1. The van der Waals surface area contributed by atoms with Crippen molar-refractivity contribution in [2.75, 3.05) is 12.4 Å². The van der Waals surface area contributed by atoms with Gasteiger partial charge in [-0.2, -0.15) is 5.10 Å². The largest absolute Gasteiger partial charge is 0.338 e. The molecule has 0 radical (unpaired) electrons. The molecule has 2 aromatic rings. The van der Waals surface area contributed by atoms with Crippen LogP contribution in [0.25, 0.3) is 0 Å². The lowest BCUT2D eigenvalue weighted by atomic mass is 9.92. The number of aryl methyl sites for hydroxylation is 2. The van der Waals surface area contributed by atoms with Crippen LogP contribution >= 0.6 is 0 Å². The minimum Gasteiger partial charge on any atom is -0.338 e. The summed E-state index contributed by atoms with van der Waals surface area (Å²) in [5.74, 6) is -0.0806. The maximum absolute atomic E-state index is 12.7. The second-order valence-corrected chi connectivity index (χ2v) is 6.22. The molecule has 0 spiro atoms. The van der Waals surface area contributed by atoms with Crippen LogP contribution in [-0.4, -0.2) is 33.5 Å². The molecule has 1 N–H and O–H groups in total. The summed E-state index contributed by atoms with van der Waals surface area (Å²) in [6, 6.07) is 9.50. The molecule has 0 unspecified atom stereocenters. The number of nitrogens with one attached hydrogen (secondary N) is 1. The number of carbonyl (C=O) groups is 2. The first-order valence-electron chi connectivity index (χ1n) is 8.16. The topological polar surface area (TPSA) is 67.2 Å². The number of aromatic nitrogens is 2. The number of amides is 2. The van der Waals surface area contributed by atoms with Gasteiger partial charge >= 0.3 is 0 Å². The Morgan fingerprint density at radius 2 is 2.00 bits per heavy atom. The molecule has 0 aliphatic carbocycles. The van der Waals surface area contributed by atoms with Crippen molar-refractivity contribution >= 4 is 17.6 Å². The van der Waals surface area contributed by atoms with E-state index in [-0.39, 0.29) is 24.3 Å². The van der Waals surface area contributed by atoms with Crippen molar-refractivity contribution in [1.82, 2.24) is 14.7 Å². The predicted molar refractivity (Wildman–Crippen MR) is 91.3 cm³/mol. The minimum atomic E-state index is -0.419. The third kappa shape index (κ3) is 3.04. The highest BCUT2D eigenvalue weighted by atomic mass is 16.2. The van der Waals surface area contributed by atoms with Crippen molar-refractivity contribution in [2.24, 2.45) is 5.92 Å². The molecule has 2 amide bonds. The maximum Gasteiger partial charge on any atom is 0.231 e. The normalized spacial score (nSPS) is 20.5. The van der Waals surface area contributed by atoms with E-state index in [0.29, 0.717) is 5.82 Å². The highest BCUT2D eigenvalue weighted by molar-refractivity contribution is 5.97. The predicted octanol–water partition coefficient (Wildman–Crippen LogP) is 2.37. The van der Waals surface area contributed by atoms with Crippen molar-refractivity contribution in [3.63, 3.8) is 0 Å². The fourth-order valence-corrected chi connectivity index (χ4v) is 3.15. The molecular formula is C18H22N4O2. The standard InChI is InChI=1S/C18H22N4O2/c1-4-22-10-9-15(20-22)19-18(24)14-11-16(23)21(3)17(14)13-7-5-12(2)6-8-13/h5-10,14,17H,4,11H2,1-3H3,(H,19,20,24)/t14-,17+/m0/s1. The SMILES string of the molecule is CCn1ccc(NC(=O)[C@H]2CC(=O)N(C)[C@@H]2c2ccc(C)cc2)n1. The molecule has 1 aliphatic heterocycles. The summed E-state index contributed by atoms with van der Waals surface area (Å²) in [4.78, 5) is 26.5. The van der Waals surface area contributed by atoms with Gasteiger partial charge in [-0.25, -0.2) is 0 Å². The van der Waals surface area contributed by atoms with Gasteiger partial charge in [-0.1, -0.05) is 29.8 Å². The minimum absolute atomic E-state index is 0.0141. The Balaban J connectivity index is 1.82. The Hall–Kier alpha value is -2.63. The van der Waals surface area contributed by atoms with Gasteiger partial charge in [0.1, 0.15) is 0 Å². The summed E-state index contributed by atoms with van der Waals surface area (Å²) >= 11 is 0. The van der Waals surface area contributed by atoms with E-state index in [1.54, 1.807) is 22.7 Å². The lowest BCUT2D eigenvalue weighted by Crippen LogP contribution is -2.30. The molecule has 6 heteroatoms. The lowest BCUT2D eigenvalue weighted by molar-refractivity contribution is -0.127. The second-order valence-electron chi connectivity index (χ2n) is 6.22. The Morgan fingerprint density at radius 3 is 2.62 bits per heavy atom. The number of likely N-dealkylation sites (tertiary alicyclic amines) is 1.